The lowest BCUT2D eigenvalue weighted by molar-refractivity contribution is 1.40. The predicted molar refractivity (Wildman–Crippen MR) is 49.1 cm³/mol. The fourth-order valence-electron chi connectivity index (χ4n) is 1.13. The summed E-state index contributed by atoms with van der Waals surface area (Å²) in [6.07, 6.45) is 0. The minimum atomic E-state index is 0.541. The molecule has 0 saturated carbocycles. The van der Waals surface area contributed by atoms with Crippen LogP contribution >= 0.6 is 11.3 Å². The van der Waals surface area contributed by atoms with Gasteiger partial charge in [0.25, 0.3) is 0 Å². The molecular weight excluding hydrogens is 168 g/mol. The van der Waals surface area contributed by atoms with Crippen LogP contribution < -0.4 is 0 Å². The van der Waals surface area contributed by atoms with Gasteiger partial charge in [-0.1, -0.05) is 12.1 Å². The average Bonchev–Trinajstić information content (AvgIpc) is 2.49. The van der Waals surface area contributed by atoms with Crippen LogP contribution in [0.3, 0.4) is 0 Å². The first-order valence-corrected chi connectivity index (χ1v) is 4.39. The molecule has 0 aliphatic rings. The summed E-state index contributed by atoms with van der Waals surface area (Å²) < 4.78 is 1.12. The van der Waals surface area contributed by atoms with Crippen molar-refractivity contribution in [3.8, 4) is 6.07 Å². The van der Waals surface area contributed by atoms with Crippen LogP contribution in [0.5, 0.6) is 0 Å². The van der Waals surface area contributed by atoms with Crippen molar-refractivity contribution >= 4 is 21.6 Å². The molecule has 12 heavy (non-hydrogen) atoms. The van der Waals surface area contributed by atoms with Gasteiger partial charge in [-0.05, 0) is 18.6 Å². The number of nitriles is 1. The third-order valence-corrected chi connectivity index (χ3v) is 2.82. The molecule has 58 valence electrons. The van der Waals surface area contributed by atoms with Crippen molar-refractivity contribution < 1.29 is 0 Å². The summed E-state index contributed by atoms with van der Waals surface area (Å²) >= 11 is 1.45. The Kier molecular flexibility index (Phi) is 1.56. The van der Waals surface area contributed by atoms with E-state index in [-0.39, 0.29) is 0 Å². The maximum atomic E-state index is 8.63. The first-order valence-electron chi connectivity index (χ1n) is 3.57. The van der Waals surface area contributed by atoms with Crippen molar-refractivity contribution in [3.63, 3.8) is 0 Å². The van der Waals surface area contributed by atoms with E-state index < -0.39 is 0 Å². The molecule has 0 atom stereocenters. The number of fused-ring (bicyclic) bond motifs is 1. The van der Waals surface area contributed by atoms with E-state index in [1.807, 2.05) is 25.1 Å². The molecular formula is C9H6N2S. The van der Waals surface area contributed by atoms with Crippen molar-refractivity contribution in [1.29, 1.82) is 5.26 Å². The zero-order valence-electron chi connectivity index (χ0n) is 6.53. The van der Waals surface area contributed by atoms with Crippen molar-refractivity contribution in [2.45, 2.75) is 6.92 Å². The molecule has 0 N–H and O–H groups in total. The highest BCUT2D eigenvalue weighted by atomic mass is 32.1. The summed E-state index contributed by atoms with van der Waals surface area (Å²) in [7, 11) is 0. The number of rotatable bonds is 0. The second-order valence-electron chi connectivity index (χ2n) is 2.55. The molecule has 2 nitrogen and oxygen atoms in total. The highest BCUT2D eigenvalue weighted by molar-refractivity contribution is 7.19. The van der Waals surface area contributed by atoms with Gasteiger partial charge in [-0.3, -0.25) is 0 Å². The third kappa shape index (κ3) is 0.973. The summed E-state index contributed by atoms with van der Waals surface area (Å²) in [6.45, 7) is 2.03. The van der Waals surface area contributed by atoms with E-state index >= 15 is 0 Å². The number of thiazole rings is 1. The van der Waals surface area contributed by atoms with Crippen molar-refractivity contribution in [2.24, 2.45) is 0 Å². The van der Waals surface area contributed by atoms with Crippen LogP contribution in [0.1, 0.15) is 10.6 Å². The van der Waals surface area contributed by atoms with E-state index in [1.54, 1.807) is 0 Å². The summed E-state index contributed by atoms with van der Waals surface area (Å²) in [5, 5.41) is 9.17. The maximum absolute atomic E-state index is 8.63. The molecule has 0 saturated heterocycles. The van der Waals surface area contributed by atoms with E-state index in [9.17, 15) is 0 Å². The second-order valence-corrected chi connectivity index (χ2v) is 3.55. The van der Waals surface area contributed by atoms with Crippen LogP contribution in [0.4, 0.5) is 0 Å². The summed E-state index contributed by atoms with van der Waals surface area (Å²) in [5.41, 5.74) is 2.11. The quantitative estimate of drug-likeness (QED) is 0.615. The van der Waals surface area contributed by atoms with Gasteiger partial charge in [0.05, 0.1) is 10.2 Å². The SMILES string of the molecule is Cc1cccc2nc(C#N)sc12. The average molecular weight is 174 g/mol. The molecule has 3 heteroatoms. The van der Waals surface area contributed by atoms with E-state index in [0.717, 1.165) is 10.2 Å². The minimum absolute atomic E-state index is 0.541. The van der Waals surface area contributed by atoms with Gasteiger partial charge in [0.15, 0.2) is 5.01 Å². The van der Waals surface area contributed by atoms with E-state index in [4.69, 9.17) is 5.26 Å². The van der Waals surface area contributed by atoms with Gasteiger partial charge < -0.3 is 0 Å². The maximum Gasteiger partial charge on any atom is 0.195 e. The zero-order chi connectivity index (χ0) is 8.55. The molecule has 0 radical (unpaired) electrons. The molecule has 2 aromatic rings. The van der Waals surface area contributed by atoms with Crippen molar-refractivity contribution in [1.82, 2.24) is 4.98 Å². The van der Waals surface area contributed by atoms with Crippen molar-refractivity contribution in [2.75, 3.05) is 0 Å². The smallest absolute Gasteiger partial charge is 0.195 e. The molecule has 0 bridgehead atoms. The van der Waals surface area contributed by atoms with E-state index in [0.29, 0.717) is 5.01 Å². The predicted octanol–water partition coefficient (Wildman–Crippen LogP) is 2.48. The molecule has 0 amide bonds. The number of hydrogen-bond donors (Lipinski definition) is 0. The topological polar surface area (TPSA) is 36.7 Å². The molecule has 0 aliphatic heterocycles. The normalized spacial score (nSPS) is 10.0. The molecule has 0 fully saturated rings. The molecule has 0 unspecified atom stereocenters. The van der Waals surface area contributed by atoms with Gasteiger partial charge in [-0.25, -0.2) is 4.98 Å². The van der Waals surface area contributed by atoms with Gasteiger partial charge >= 0.3 is 0 Å². The van der Waals surface area contributed by atoms with Gasteiger partial charge in [-0.15, -0.1) is 11.3 Å². The zero-order valence-corrected chi connectivity index (χ0v) is 7.35. The highest BCUT2D eigenvalue weighted by Crippen LogP contribution is 2.24. The molecule has 1 heterocycles. The Morgan fingerprint density at radius 1 is 1.50 bits per heavy atom. The Hall–Kier alpha value is -1.40. The van der Waals surface area contributed by atoms with Crippen molar-refractivity contribution in [3.05, 3.63) is 28.8 Å². The van der Waals surface area contributed by atoms with Crippen LogP contribution in [0, 0.1) is 18.3 Å². The lowest BCUT2D eigenvalue weighted by Gasteiger charge is -1.89. The Morgan fingerprint density at radius 3 is 3.00 bits per heavy atom. The first-order chi connectivity index (χ1) is 5.81. The van der Waals surface area contributed by atoms with Crippen LogP contribution in [0.2, 0.25) is 0 Å². The largest absolute Gasteiger partial charge is 0.226 e. The molecule has 0 spiro atoms. The van der Waals surface area contributed by atoms with E-state index in [1.165, 1.54) is 16.9 Å². The highest BCUT2D eigenvalue weighted by Gasteiger charge is 2.03. The molecule has 0 aliphatic carbocycles. The number of aryl methyl sites for hydroxylation is 1. The Balaban J connectivity index is 2.85. The minimum Gasteiger partial charge on any atom is -0.226 e. The fraction of sp³-hybridized carbons (Fsp3) is 0.111. The molecule has 1 aromatic heterocycles. The number of benzene rings is 1. The molecule has 2 rings (SSSR count). The van der Waals surface area contributed by atoms with Crippen LogP contribution in [-0.4, -0.2) is 4.98 Å². The van der Waals surface area contributed by atoms with Gasteiger partial charge in [-0.2, -0.15) is 5.26 Å². The number of nitrogens with zero attached hydrogens (tertiary/aromatic N) is 2. The summed E-state index contributed by atoms with van der Waals surface area (Å²) in [5.74, 6) is 0. The summed E-state index contributed by atoms with van der Waals surface area (Å²) in [4.78, 5) is 4.15. The van der Waals surface area contributed by atoms with Gasteiger partial charge in [0.2, 0.25) is 0 Å². The number of aromatic nitrogens is 1. The van der Waals surface area contributed by atoms with Gasteiger partial charge in [0, 0.05) is 0 Å². The first kappa shape index (κ1) is 7.26. The van der Waals surface area contributed by atoms with Crippen LogP contribution in [0.25, 0.3) is 10.2 Å². The second kappa shape index (κ2) is 2.58. The summed E-state index contributed by atoms with van der Waals surface area (Å²) in [6, 6.07) is 7.97. The Morgan fingerprint density at radius 2 is 2.33 bits per heavy atom. The number of hydrogen-bond acceptors (Lipinski definition) is 3. The van der Waals surface area contributed by atoms with Gasteiger partial charge in [0.1, 0.15) is 6.07 Å². The molecule has 1 aromatic carbocycles. The standard InChI is InChI=1S/C9H6N2S/c1-6-3-2-4-7-9(6)12-8(5-10)11-7/h2-4H,1H3. The van der Waals surface area contributed by atoms with Crippen LogP contribution in [-0.2, 0) is 0 Å². The Bertz CT molecular complexity index is 465. The third-order valence-electron chi connectivity index (χ3n) is 1.71. The fourth-order valence-corrected chi connectivity index (χ4v) is 1.96. The van der Waals surface area contributed by atoms with Crippen LogP contribution in [0.15, 0.2) is 18.2 Å². The lowest BCUT2D eigenvalue weighted by atomic mass is 10.2. The monoisotopic (exact) mass is 174 g/mol. The van der Waals surface area contributed by atoms with E-state index in [2.05, 4.69) is 11.1 Å². The lowest BCUT2D eigenvalue weighted by Crippen LogP contribution is -1.71. The Labute approximate surface area is 74.1 Å².